The number of carbonyl (C=O) groups is 2. The summed E-state index contributed by atoms with van der Waals surface area (Å²) in [5.41, 5.74) is 0.498. The normalized spacial score (nSPS) is 17.5. The summed E-state index contributed by atoms with van der Waals surface area (Å²) in [6.45, 7) is 8.17. The monoisotopic (exact) mass is 351 g/mol. The van der Waals surface area contributed by atoms with Crippen molar-refractivity contribution in [2.24, 2.45) is 0 Å². The fraction of sp³-hybridized carbons (Fsp3) is 0.579. The zero-order valence-electron chi connectivity index (χ0n) is 15.5. The van der Waals surface area contributed by atoms with Gasteiger partial charge < -0.3 is 14.4 Å². The van der Waals surface area contributed by atoms with Crippen molar-refractivity contribution in [2.45, 2.75) is 52.1 Å². The molecular formula is C19H26FNO4. The molecule has 0 aromatic heterocycles. The van der Waals surface area contributed by atoms with Gasteiger partial charge in [0.15, 0.2) is 0 Å². The lowest BCUT2D eigenvalue weighted by molar-refractivity contribution is 0.0292. The van der Waals surface area contributed by atoms with Crippen molar-refractivity contribution in [3.05, 3.63) is 34.6 Å². The van der Waals surface area contributed by atoms with Gasteiger partial charge in [0.1, 0.15) is 11.4 Å². The van der Waals surface area contributed by atoms with Crippen molar-refractivity contribution < 1.29 is 23.5 Å². The molecule has 1 atom stereocenters. The summed E-state index contributed by atoms with van der Waals surface area (Å²) in [4.78, 5) is 25.7. The zero-order chi connectivity index (χ0) is 18.8. The van der Waals surface area contributed by atoms with E-state index in [1.807, 2.05) is 27.7 Å². The molecule has 0 radical (unpaired) electrons. The van der Waals surface area contributed by atoms with Crippen molar-refractivity contribution in [1.29, 1.82) is 0 Å². The van der Waals surface area contributed by atoms with Crippen LogP contribution in [0.1, 0.15) is 61.5 Å². The van der Waals surface area contributed by atoms with E-state index in [0.717, 1.165) is 0 Å². The summed E-state index contributed by atoms with van der Waals surface area (Å²) in [5.74, 6) is -1.37. The van der Waals surface area contributed by atoms with Crippen LogP contribution in [0.15, 0.2) is 12.1 Å². The number of rotatable bonds is 3. The molecule has 0 spiro atoms. The van der Waals surface area contributed by atoms with E-state index in [-0.39, 0.29) is 11.5 Å². The van der Waals surface area contributed by atoms with Gasteiger partial charge in [-0.05, 0) is 44.7 Å². The number of likely N-dealkylation sites (tertiary alicyclic amines) is 1. The second-order valence-electron chi connectivity index (χ2n) is 7.26. The molecule has 1 aliphatic rings. The van der Waals surface area contributed by atoms with E-state index in [2.05, 4.69) is 0 Å². The number of methoxy groups -OCH3 is 1. The molecule has 6 heteroatoms. The van der Waals surface area contributed by atoms with E-state index in [1.54, 1.807) is 17.0 Å². The van der Waals surface area contributed by atoms with Crippen LogP contribution in [0.3, 0.4) is 0 Å². The standard InChI is InChI=1S/C19H26FNO4/c1-6-12-7-8-14(16(20)15(12)17(22)24-5)13-9-10-21(11-13)18(23)25-19(2,3)4/h7-8,13H,6,9-11H2,1-5H3. The molecule has 1 aromatic carbocycles. The molecule has 0 bridgehead atoms. The number of esters is 1. The number of carbonyl (C=O) groups excluding carboxylic acids is 2. The molecule has 0 saturated carbocycles. The fourth-order valence-electron chi connectivity index (χ4n) is 3.07. The second-order valence-corrected chi connectivity index (χ2v) is 7.26. The quantitative estimate of drug-likeness (QED) is 0.775. The Hall–Kier alpha value is -2.11. The summed E-state index contributed by atoms with van der Waals surface area (Å²) < 4.78 is 25.1. The number of halogens is 1. The van der Waals surface area contributed by atoms with Crippen molar-refractivity contribution in [3.63, 3.8) is 0 Å². The van der Waals surface area contributed by atoms with Crippen LogP contribution in [0.2, 0.25) is 0 Å². The highest BCUT2D eigenvalue weighted by molar-refractivity contribution is 5.91. The topological polar surface area (TPSA) is 55.8 Å². The Kier molecular flexibility index (Phi) is 5.70. The van der Waals surface area contributed by atoms with Crippen LogP contribution in [-0.2, 0) is 15.9 Å². The van der Waals surface area contributed by atoms with Crippen LogP contribution in [0.25, 0.3) is 0 Å². The molecule has 1 aliphatic heterocycles. The Bertz CT molecular complexity index is 666. The molecule has 1 amide bonds. The lowest BCUT2D eigenvalue weighted by Crippen LogP contribution is -2.35. The minimum Gasteiger partial charge on any atom is -0.465 e. The Morgan fingerprint density at radius 1 is 1.32 bits per heavy atom. The zero-order valence-corrected chi connectivity index (χ0v) is 15.5. The van der Waals surface area contributed by atoms with Crippen molar-refractivity contribution in [3.8, 4) is 0 Å². The summed E-state index contributed by atoms with van der Waals surface area (Å²) in [5, 5.41) is 0. The smallest absolute Gasteiger partial charge is 0.410 e. The minimum absolute atomic E-state index is 0.00165. The van der Waals surface area contributed by atoms with E-state index in [0.29, 0.717) is 37.1 Å². The minimum atomic E-state index is -0.668. The van der Waals surface area contributed by atoms with Crippen molar-refractivity contribution >= 4 is 12.1 Å². The van der Waals surface area contributed by atoms with Crippen LogP contribution in [0, 0.1) is 5.82 Å². The van der Waals surface area contributed by atoms with Crippen LogP contribution in [-0.4, -0.2) is 42.8 Å². The highest BCUT2D eigenvalue weighted by Crippen LogP contribution is 2.32. The van der Waals surface area contributed by atoms with Gasteiger partial charge >= 0.3 is 12.1 Å². The van der Waals surface area contributed by atoms with Crippen molar-refractivity contribution in [2.75, 3.05) is 20.2 Å². The maximum atomic E-state index is 15.0. The fourth-order valence-corrected chi connectivity index (χ4v) is 3.07. The predicted molar refractivity (Wildman–Crippen MR) is 92.3 cm³/mol. The van der Waals surface area contributed by atoms with E-state index in [1.165, 1.54) is 7.11 Å². The van der Waals surface area contributed by atoms with Gasteiger partial charge in [-0.3, -0.25) is 0 Å². The lowest BCUT2D eigenvalue weighted by atomic mass is 9.92. The highest BCUT2D eigenvalue weighted by Gasteiger charge is 2.33. The van der Waals surface area contributed by atoms with Crippen LogP contribution < -0.4 is 0 Å². The molecule has 5 nitrogen and oxygen atoms in total. The molecule has 1 aromatic rings. The molecule has 1 unspecified atom stereocenters. The molecule has 25 heavy (non-hydrogen) atoms. The third-order valence-electron chi connectivity index (χ3n) is 4.31. The summed E-state index contributed by atoms with van der Waals surface area (Å²) in [6.07, 6.45) is 0.771. The molecule has 2 rings (SSSR count). The van der Waals surface area contributed by atoms with Crippen molar-refractivity contribution in [1.82, 2.24) is 4.90 Å². The average molecular weight is 351 g/mol. The maximum absolute atomic E-state index is 15.0. The largest absolute Gasteiger partial charge is 0.465 e. The van der Waals surface area contributed by atoms with Crippen LogP contribution >= 0.6 is 0 Å². The number of nitrogens with zero attached hydrogens (tertiary/aromatic N) is 1. The highest BCUT2D eigenvalue weighted by atomic mass is 19.1. The molecule has 1 fully saturated rings. The third kappa shape index (κ3) is 4.30. The van der Waals surface area contributed by atoms with Gasteiger partial charge in [-0.1, -0.05) is 19.1 Å². The van der Waals surface area contributed by atoms with E-state index in [4.69, 9.17) is 9.47 Å². The predicted octanol–water partition coefficient (Wildman–Crippen LogP) is 3.90. The third-order valence-corrected chi connectivity index (χ3v) is 4.31. The number of hydrogen-bond donors (Lipinski definition) is 0. The van der Waals surface area contributed by atoms with E-state index < -0.39 is 23.5 Å². The number of aryl methyl sites for hydroxylation is 1. The summed E-state index contributed by atoms with van der Waals surface area (Å²) in [6, 6.07) is 3.48. The average Bonchev–Trinajstić information content (AvgIpc) is 3.02. The van der Waals surface area contributed by atoms with Crippen LogP contribution in [0.4, 0.5) is 9.18 Å². The molecule has 1 saturated heterocycles. The number of amides is 1. The lowest BCUT2D eigenvalue weighted by Gasteiger charge is -2.24. The first kappa shape index (κ1) is 19.2. The molecule has 0 N–H and O–H groups in total. The van der Waals surface area contributed by atoms with E-state index >= 15 is 0 Å². The first-order valence-electron chi connectivity index (χ1n) is 8.55. The first-order chi connectivity index (χ1) is 11.7. The SMILES string of the molecule is CCc1ccc(C2CCN(C(=O)OC(C)(C)C)C2)c(F)c1C(=O)OC. The number of hydrogen-bond acceptors (Lipinski definition) is 4. The van der Waals surface area contributed by atoms with Gasteiger partial charge in [-0.15, -0.1) is 0 Å². The maximum Gasteiger partial charge on any atom is 0.410 e. The first-order valence-corrected chi connectivity index (χ1v) is 8.55. The molecular weight excluding hydrogens is 325 g/mol. The summed E-state index contributed by atoms with van der Waals surface area (Å²) >= 11 is 0. The Morgan fingerprint density at radius 3 is 2.56 bits per heavy atom. The Balaban J connectivity index is 2.23. The van der Waals surface area contributed by atoms with Gasteiger partial charge in [-0.25, -0.2) is 14.0 Å². The molecule has 138 valence electrons. The Labute approximate surface area is 148 Å². The van der Waals surface area contributed by atoms with Gasteiger partial charge in [0.25, 0.3) is 0 Å². The molecule has 1 heterocycles. The second kappa shape index (κ2) is 7.42. The molecule has 0 aliphatic carbocycles. The Morgan fingerprint density at radius 2 is 2.00 bits per heavy atom. The summed E-state index contributed by atoms with van der Waals surface area (Å²) in [7, 11) is 1.24. The van der Waals surface area contributed by atoms with Gasteiger partial charge in [0.2, 0.25) is 0 Å². The van der Waals surface area contributed by atoms with E-state index in [9.17, 15) is 14.0 Å². The van der Waals surface area contributed by atoms with Gasteiger partial charge in [0, 0.05) is 19.0 Å². The number of benzene rings is 1. The van der Waals surface area contributed by atoms with Crippen LogP contribution in [0.5, 0.6) is 0 Å². The van der Waals surface area contributed by atoms with Gasteiger partial charge in [0.05, 0.1) is 12.7 Å². The van der Waals surface area contributed by atoms with Gasteiger partial charge in [-0.2, -0.15) is 0 Å². The number of ether oxygens (including phenoxy) is 2.